The number of rotatable bonds is 13. The second-order valence-electron chi connectivity index (χ2n) is 7.70. The van der Waals surface area contributed by atoms with Crippen LogP contribution >= 0.6 is 11.3 Å². The fourth-order valence-electron chi connectivity index (χ4n) is 3.17. The fraction of sp³-hybridized carbons (Fsp3) is 0.333. The Morgan fingerprint density at radius 3 is 2.56 bits per heavy atom. The van der Waals surface area contributed by atoms with Crippen molar-refractivity contribution in [3.63, 3.8) is 0 Å². The van der Waals surface area contributed by atoms with Crippen molar-refractivity contribution in [2.75, 3.05) is 25.6 Å². The molecular weight excluding hydrogens is 448 g/mol. The summed E-state index contributed by atoms with van der Waals surface area (Å²) in [5, 5.41) is 5.29. The van der Waals surface area contributed by atoms with Gasteiger partial charge in [-0.3, -0.25) is 10.1 Å². The number of methoxy groups -OCH3 is 1. The number of carbonyl (C=O) groups excluding carboxylic acids is 1. The Hall–Kier alpha value is -3.32. The topological polar surface area (TPSA) is 69.7 Å². The lowest BCUT2D eigenvalue weighted by Crippen LogP contribution is -2.07. The van der Waals surface area contributed by atoms with Crippen LogP contribution in [0.1, 0.15) is 45.1 Å². The van der Waals surface area contributed by atoms with Crippen LogP contribution in [0.3, 0.4) is 0 Å². The predicted octanol–water partition coefficient (Wildman–Crippen LogP) is 6.83. The molecule has 7 heteroatoms. The SMILES string of the molecule is CCCCCOc1ccc(/C=C/C(=O)Nc2nc(-c3ccc(OCCC)cc3)cs2)cc1OC. The number of ether oxygens (including phenoxy) is 3. The third-order valence-electron chi connectivity index (χ3n) is 4.98. The van der Waals surface area contributed by atoms with Gasteiger partial charge in [0.15, 0.2) is 16.6 Å². The summed E-state index contributed by atoms with van der Waals surface area (Å²) in [6.07, 6.45) is 7.49. The highest BCUT2D eigenvalue weighted by molar-refractivity contribution is 7.14. The lowest BCUT2D eigenvalue weighted by Gasteiger charge is -2.11. The average molecular weight is 481 g/mol. The van der Waals surface area contributed by atoms with Gasteiger partial charge in [-0.25, -0.2) is 4.98 Å². The molecule has 0 bridgehead atoms. The number of nitrogens with zero attached hydrogens (tertiary/aromatic N) is 1. The first-order valence-electron chi connectivity index (χ1n) is 11.6. The van der Waals surface area contributed by atoms with Crippen LogP contribution in [-0.2, 0) is 4.79 Å². The Kier molecular flexibility index (Phi) is 9.98. The molecule has 0 aliphatic heterocycles. The Balaban J connectivity index is 1.56. The number of hydrogen-bond donors (Lipinski definition) is 1. The summed E-state index contributed by atoms with van der Waals surface area (Å²) in [4.78, 5) is 16.9. The first kappa shape index (κ1) is 25.3. The molecule has 1 heterocycles. The fourth-order valence-corrected chi connectivity index (χ4v) is 3.89. The zero-order chi connectivity index (χ0) is 24.2. The third-order valence-corrected chi connectivity index (χ3v) is 5.74. The van der Waals surface area contributed by atoms with E-state index in [1.54, 1.807) is 13.2 Å². The van der Waals surface area contributed by atoms with Crippen LogP contribution < -0.4 is 19.5 Å². The van der Waals surface area contributed by atoms with Gasteiger partial charge < -0.3 is 14.2 Å². The average Bonchev–Trinajstić information content (AvgIpc) is 3.33. The number of benzene rings is 2. The molecule has 180 valence electrons. The first-order chi connectivity index (χ1) is 16.6. The van der Waals surface area contributed by atoms with Crippen molar-refractivity contribution < 1.29 is 19.0 Å². The van der Waals surface area contributed by atoms with E-state index < -0.39 is 0 Å². The van der Waals surface area contributed by atoms with E-state index in [-0.39, 0.29) is 5.91 Å². The number of hydrogen-bond acceptors (Lipinski definition) is 6. The van der Waals surface area contributed by atoms with Gasteiger partial charge in [-0.15, -0.1) is 11.3 Å². The van der Waals surface area contributed by atoms with E-state index >= 15 is 0 Å². The molecule has 0 spiro atoms. The number of unbranched alkanes of at least 4 members (excludes halogenated alkanes) is 2. The molecule has 1 N–H and O–H groups in total. The lowest BCUT2D eigenvalue weighted by molar-refractivity contribution is -0.111. The molecule has 0 aliphatic carbocycles. The molecule has 6 nitrogen and oxygen atoms in total. The number of amides is 1. The summed E-state index contributed by atoms with van der Waals surface area (Å²) >= 11 is 1.39. The number of thiazole rings is 1. The van der Waals surface area contributed by atoms with Crippen LogP contribution in [0.5, 0.6) is 17.2 Å². The highest BCUT2D eigenvalue weighted by Crippen LogP contribution is 2.29. The Morgan fingerprint density at radius 2 is 1.82 bits per heavy atom. The maximum Gasteiger partial charge on any atom is 0.250 e. The van der Waals surface area contributed by atoms with Crippen molar-refractivity contribution in [3.8, 4) is 28.5 Å². The van der Waals surface area contributed by atoms with Gasteiger partial charge in [0, 0.05) is 17.0 Å². The summed E-state index contributed by atoms with van der Waals surface area (Å²) in [5.74, 6) is 1.95. The largest absolute Gasteiger partial charge is 0.494 e. The quantitative estimate of drug-likeness (QED) is 0.214. The van der Waals surface area contributed by atoms with Crippen molar-refractivity contribution in [2.45, 2.75) is 39.5 Å². The molecule has 0 fully saturated rings. The van der Waals surface area contributed by atoms with Crippen LogP contribution in [0, 0.1) is 0 Å². The highest BCUT2D eigenvalue weighted by atomic mass is 32.1. The van der Waals surface area contributed by atoms with E-state index in [1.165, 1.54) is 17.4 Å². The van der Waals surface area contributed by atoms with Crippen LogP contribution in [0.15, 0.2) is 53.9 Å². The van der Waals surface area contributed by atoms with Gasteiger partial charge in [0.05, 0.1) is 26.0 Å². The molecule has 0 saturated heterocycles. The van der Waals surface area contributed by atoms with E-state index in [0.717, 1.165) is 48.3 Å². The van der Waals surface area contributed by atoms with E-state index in [0.29, 0.717) is 29.8 Å². The zero-order valence-electron chi connectivity index (χ0n) is 20.0. The molecule has 0 saturated carbocycles. The smallest absolute Gasteiger partial charge is 0.250 e. The van der Waals surface area contributed by atoms with Crippen molar-refractivity contribution in [3.05, 3.63) is 59.5 Å². The van der Waals surface area contributed by atoms with Crippen LogP contribution in [-0.4, -0.2) is 31.2 Å². The van der Waals surface area contributed by atoms with Gasteiger partial charge in [-0.05, 0) is 60.9 Å². The molecule has 1 amide bonds. The molecule has 0 unspecified atom stereocenters. The first-order valence-corrected chi connectivity index (χ1v) is 12.5. The normalized spacial score (nSPS) is 10.9. The maximum atomic E-state index is 12.4. The van der Waals surface area contributed by atoms with E-state index in [9.17, 15) is 4.79 Å². The van der Waals surface area contributed by atoms with Gasteiger partial charge in [0.25, 0.3) is 0 Å². The second kappa shape index (κ2) is 13.4. The van der Waals surface area contributed by atoms with E-state index in [1.807, 2.05) is 47.8 Å². The highest BCUT2D eigenvalue weighted by Gasteiger charge is 2.08. The van der Waals surface area contributed by atoms with Crippen LogP contribution in [0.25, 0.3) is 17.3 Å². The van der Waals surface area contributed by atoms with Gasteiger partial charge >= 0.3 is 0 Å². The summed E-state index contributed by atoms with van der Waals surface area (Å²) in [6, 6.07) is 13.4. The zero-order valence-corrected chi connectivity index (χ0v) is 20.8. The predicted molar refractivity (Wildman–Crippen MR) is 139 cm³/mol. The summed E-state index contributed by atoms with van der Waals surface area (Å²) < 4.78 is 16.9. The number of nitrogens with one attached hydrogen (secondary N) is 1. The summed E-state index contributed by atoms with van der Waals surface area (Å²) in [5.41, 5.74) is 2.63. The standard InChI is InChI=1S/C27H32N2O4S/c1-4-6-7-17-33-24-14-8-20(18-25(24)31-3)9-15-26(30)29-27-28-23(19-34-27)21-10-12-22(13-11-21)32-16-5-2/h8-15,18-19H,4-7,16-17H2,1-3H3,(H,28,29,30)/b15-9+. The van der Waals surface area contributed by atoms with Crippen molar-refractivity contribution in [1.82, 2.24) is 4.98 Å². The van der Waals surface area contributed by atoms with Crippen molar-refractivity contribution in [2.24, 2.45) is 0 Å². The Bertz CT molecular complexity index is 1080. The maximum absolute atomic E-state index is 12.4. The molecule has 0 radical (unpaired) electrons. The van der Waals surface area contributed by atoms with E-state index in [2.05, 4.69) is 24.1 Å². The van der Waals surface area contributed by atoms with Crippen molar-refractivity contribution >= 4 is 28.5 Å². The monoisotopic (exact) mass is 480 g/mol. The molecule has 3 aromatic rings. The minimum absolute atomic E-state index is 0.247. The number of anilines is 1. The Labute approximate surface area is 205 Å². The van der Waals surface area contributed by atoms with E-state index in [4.69, 9.17) is 14.2 Å². The van der Waals surface area contributed by atoms with Crippen molar-refractivity contribution in [1.29, 1.82) is 0 Å². The number of carbonyl (C=O) groups is 1. The van der Waals surface area contributed by atoms with Crippen LogP contribution in [0.4, 0.5) is 5.13 Å². The summed E-state index contributed by atoms with van der Waals surface area (Å²) in [6.45, 7) is 5.60. The molecule has 0 atom stereocenters. The molecular formula is C27H32N2O4S. The minimum atomic E-state index is -0.247. The van der Waals surface area contributed by atoms with Gasteiger partial charge in [0.1, 0.15) is 5.75 Å². The molecule has 1 aromatic heterocycles. The molecule has 3 rings (SSSR count). The minimum Gasteiger partial charge on any atom is -0.494 e. The summed E-state index contributed by atoms with van der Waals surface area (Å²) in [7, 11) is 1.61. The van der Waals surface area contributed by atoms with Gasteiger partial charge in [0.2, 0.25) is 5.91 Å². The molecule has 2 aromatic carbocycles. The third kappa shape index (κ3) is 7.63. The lowest BCUT2D eigenvalue weighted by atomic mass is 10.2. The van der Waals surface area contributed by atoms with Gasteiger partial charge in [-0.2, -0.15) is 0 Å². The number of aromatic nitrogens is 1. The van der Waals surface area contributed by atoms with Crippen LogP contribution in [0.2, 0.25) is 0 Å². The second-order valence-corrected chi connectivity index (χ2v) is 8.56. The Morgan fingerprint density at radius 1 is 1.00 bits per heavy atom. The molecule has 34 heavy (non-hydrogen) atoms. The molecule has 0 aliphatic rings. The van der Waals surface area contributed by atoms with Gasteiger partial charge in [-0.1, -0.05) is 32.8 Å².